The van der Waals surface area contributed by atoms with Crippen molar-refractivity contribution < 1.29 is 10.1 Å². The number of thiophene rings is 1. The van der Waals surface area contributed by atoms with Gasteiger partial charge in [0.25, 0.3) is 5.91 Å². The fourth-order valence-corrected chi connectivity index (χ4v) is 4.90. The number of anilines is 1. The maximum absolute atomic E-state index is 12.7. The number of hydrogen-bond acceptors (Lipinski definition) is 2. The van der Waals surface area contributed by atoms with Gasteiger partial charge in [-0.25, -0.2) is 0 Å². The first kappa shape index (κ1) is 20.4. The van der Waals surface area contributed by atoms with Crippen molar-refractivity contribution in [2.45, 2.75) is 26.2 Å². The van der Waals surface area contributed by atoms with E-state index in [1.54, 1.807) is 11.3 Å². The molecular formula is C25H28N3OS+. The minimum absolute atomic E-state index is 0.0443. The number of rotatable bonds is 8. The zero-order valence-corrected chi connectivity index (χ0v) is 18.3. The Morgan fingerprint density at radius 3 is 2.80 bits per heavy atom. The second-order valence-electron chi connectivity index (χ2n) is 7.60. The van der Waals surface area contributed by atoms with Crippen molar-refractivity contribution in [3.8, 4) is 0 Å². The van der Waals surface area contributed by atoms with E-state index in [4.69, 9.17) is 0 Å². The number of hydrogen-bond donors (Lipinski definition) is 3. The lowest BCUT2D eigenvalue weighted by atomic mass is 9.96. The van der Waals surface area contributed by atoms with Crippen LogP contribution < -0.4 is 10.6 Å². The van der Waals surface area contributed by atoms with Crippen LogP contribution in [0.3, 0.4) is 0 Å². The van der Waals surface area contributed by atoms with Crippen LogP contribution in [0.1, 0.15) is 34.4 Å². The second-order valence-corrected chi connectivity index (χ2v) is 8.58. The number of fused-ring (bicyclic) bond motifs is 1. The van der Waals surface area contributed by atoms with E-state index in [2.05, 4.69) is 76.6 Å². The maximum atomic E-state index is 12.7. The molecule has 4 aromatic rings. The van der Waals surface area contributed by atoms with Gasteiger partial charge in [-0.05, 0) is 47.5 Å². The minimum Gasteiger partial charge on any atom is -0.361 e. The summed E-state index contributed by atoms with van der Waals surface area (Å²) in [7, 11) is 0. The first-order valence-electron chi connectivity index (χ1n) is 10.5. The summed E-state index contributed by atoms with van der Waals surface area (Å²) in [6, 6.07) is 18.9. The van der Waals surface area contributed by atoms with Gasteiger partial charge in [0.15, 0.2) is 6.54 Å². The molecule has 0 saturated heterocycles. The zero-order valence-electron chi connectivity index (χ0n) is 17.4. The van der Waals surface area contributed by atoms with Crippen LogP contribution in [0, 0.1) is 6.92 Å². The van der Waals surface area contributed by atoms with Crippen molar-refractivity contribution in [2.24, 2.45) is 0 Å². The number of nitrogens with one attached hydrogen (secondary N) is 2. The van der Waals surface area contributed by atoms with E-state index < -0.39 is 0 Å². The van der Waals surface area contributed by atoms with E-state index in [-0.39, 0.29) is 11.8 Å². The first-order chi connectivity index (χ1) is 14.7. The maximum Gasteiger partial charge on any atom is 0.279 e. The van der Waals surface area contributed by atoms with Crippen molar-refractivity contribution in [1.82, 2.24) is 4.98 Å². The molecule has 0 radical (unpaired) electrons. The van der Waals surface area contributed by atoms with Crippen LogP contribution in [0.4, 0.5) is 5.69 Å². The molecule has 0 spiro atoms. The van der Waals surface area contributed by atoms with Crippen LogP contribution in [-0.4, -0.2) is 24.0 Å². The summed E-state index contributed by atoms with van der Waals surface area (Å²) in [6.07, 6.45) is 3.02. The standard InChI is InChI=1S/C25H27N3OS/c1-3-18-9-6-8-17(2)25(18)28-24(29)16-26-14-21(23-12-7-13-30-23)20-15-27-22-11-5-4-10-19(20)22/h4-13,15,21,26-27H,3,14,16H2,1-2H3,(H,28,29)/p+1/t21-/m0/s1. The molecule has 30 heavy (non-hydrogen) atoms. The SMILES string of the molecule is CCc1cccc(C)c1NC(=O)C[NH2+]C[C@H](c1cccs1)c1c[nH]c2ccccc12. The Morgan fingerprint density at radius 2 is 2.00 bits per heavy atom. The third kappa shape index (κ3) is 4.32. The number of aryl methyl sites for hydroxylation is 2. The molecule has 4 nitrogen and oxygen atoms in total. The van der Waals surface area contributed by atoms with Gasteiger partial charge >= 0.3 is 0 Å². The van der Waals surface area contributed by atoms with E-state index in [1.165, 1.54) is 21.4 Å². The van der Waals surface area contributed by atoms with E-state index >= 15 is 0 Å². The van der Waals surface area contributed by atoms with Crippen LogP contribution in [0.25, 0.3) is 10.9 Å². The van der Waals surface area contributed by atoms with Gasteiger partial charge in [-0.2, -0.15) is 0 Å². The number of para-hydroxylation sites is 2. The van der Waals surface area contributed by atoms with Crippen molar-refractivity contribution in [1.29, 1.82) is 0 Å². The summed E-state index contributed by atoms with van der Waals surface area (Å²) in [4.78, 5) is 17.4. The quantitative estimate of drug-likeness (QED) is 0.389. The number of nitrogens with two attached hydrogens (primary N) is 1. The molecule has 0 bridgehead atoms. The summed E-state index contributed by atoms with van der Waals surface area (Å²) in [5.41, 5.74) is 5.69. The predicted molar refractivity (Wildman–Crippen MR) is 125 cm³/mol. The van der Waals surface area contributed by atoms with Crippen LogP contribution in [0.2, 0.25) is 0 Å². The topological polar surface area (TPSA) is 61.5 Å². The number of benzene rings is 2. The average Bonchev–Trinajstić information content (AvgIpc) is 3.43. The highest BCUT2D eigenvalue weighted by molar-refractivity contribution is 7.10. The molecule has 0 aliphatic carbocycles. The van der Waals surface area contributed by atoms with Gasteiger partial charge in [0, 0.05) is 27.7 Å². The van der Waals surface area contributed by atoms with E-state index in [9.17, 15) is 4.79 Å². The normalized spacial score (nSPS) is 12.2. The fourth-order valence-electron chi connectivity index (χ4n) is 4.04. The number of amides is 1. The lowest BCUT2D eigenvalue weighted by molar-refractivity contribution is -0.644. The minimum atomic E-state index is 0.0443. The molecule has 0 saturated carbocycles. The molecule has 1 atom stereocenters. The highest BCUT2D eigenvalue weighted by Gasteiger charge is 2.21. The zero-order chi connectivity index (χ0) is 20.9. The number of H-pyrrole nitrogens is 1. The molecule has 2 heterocycles. The Morgan fingerprint density at radius 1 is 1.13 bits per heavy atom. The molecule has 0 aliphatic heterocycles. The first-order valence-corrected chi connectivity index (χ1v) is 11.3. The number of carbonyl (C=O) groups excluding carboxylic acids is 1. The third-order valence-corrected chi connectivity index (χ3v) is 6.61. The fraction of sp³-hybridized carbons (Fsp3) is 0.240. The Hall–Kier alpha value is -2.89. The third-order valence-electron chi connectivity index (χ3n) is 5.62. The van der Waals surface area contributed by atoms with Crippen LogP contribution in [0.15, 0.2) is 66.2 Å². The summed E-state index contributed by atoms with van der Waals surface area (Å²) < 4.78 is 0. The Kier molecular flexibility index (Phi) is 6.31. The van der Waals surface area contributed by atoms with Crippen LogP contribution >= 0.6 is 11.3 Å². The largest absolute Gasteiger partial charge is 0.361 e. The molecular weight excluding hydrogens is 390 g/mol. The van der Waals surface area contributed by atoms with Gasteiger partial charge in [-0.3, -0.25) is 4.79 Å². The van der Waals surface area contributed by atoms with E-state index in [0.29, 0.717) is 6.54 Å². The van der Waals surface area contributed by atoms with Crippen molar-refractivity contribution in [3.05, 3.63) is 87.7 Å². The van der Waals surface area contributed by atoms with Gasteiger partial charge in [0.05, 0.1) is 12.5 Å². The number of quaternary nitrogens is 1. The smallest absolute Gasteiger partial charge is 0.279 e. The number of aromatic amines is 1. The highest BCUT2D eigenvalue weighted by atomic mass is 32.1. The summed E-state index contributed by atoms with van der Waals surface area (Å²) in [5, 5.41) is 8.62. The van der Waals surface area contributed by atoms with Crippen LogP contribution in [-0.2, 0) is 11.2 Å². The molecule has 4 rings (SSSR count). The molecule has 1 amide bonds. The second kappa shape index (κ2) is 9.28. The van der Waals surface area contributed by atoms with Crippen molar-refractivity contribution >= 4 is 33.8 Å². The van der Waals surface area contributed by atoms with Gasteiger partial charge in [0.2, 0.25) is 0 Å². The van der Waals surface area contributed by atoms with Crippen molar-refractivity contribution in [2.75, 3.05) is 18.4 Å². The lowest BCUT2D eigenvalue weighted by Crippen LogP contribution is -2.87. The van der Waals surface area contributed by atoms with E-state index in [1.807, 2.05) is 19.1 Å². The van der Waals surface area contributed by atoms with Gasteiger partial charge < -0.3 is 15.6 Å². The summed E-state index contributed by atoms with van der Waals surface area (Å²) in [5.74, 6) is 0.293. The summed E-state index contributed by atoms with van der Waals surface area (Å²) in [6.45, 7) is 5.39. The van der Waals surface area contributed by atoms with Gasteiger partial charge in [-0.15, -0.1) is 11.3 Å². The van der Waals surface area contributed by atoms with Crippen molar-refractivity contribution in [3.63, 3.8) is 0 Å². The predicted octanol–water partition coefficient (Wildman–Crippen LogP) is 4.43. The lowest BCUT2D eigenvalue weighted by Gasteiger charge is -2.15. The Bertz CT molecular complexity index is 1130. The molecule has 2 aromatic heterocycles. The monoisotopic (exact) mass is 418 g/mol. The van der Waals surface area contributed by atoms with Gasteiger partial charge in [-0.1, -0.05) is 49.4 Å². The van der Waals surface area contributed by atoms with E-state index in [0.717, 1.165) is 29.7 Å². The molecule has 0 unspecified atom stereocenters. The van der Waals surface area contributed by atoms with Crippen LogP contribution in [0.5, 0.6) is 0 Å². The van der Waals surface area contributed by atoms with Gasteiger partial charge in [0.1, 0.15) is 0 Å². The molecule has 2 aromatic carbocycles. The number of carbonyl (C=O) groups is 1. The molecule has 0 aliphatic rings. The molecule has 5 heteroatoms. The molecule has 4 N–H and O–H groups in total. The highest BCUT2D eigenvalue weighted by Crippen LogP contribution is 2.32. The number of aromatic nitrogens is 1. The molecule has 0 fully saturated rings. The summed E-state index contributed by atoms with van der Waals surface area (Å²) >= 11 is 1.77. The average molecular weight is 419 g/mol. The Labute approximate surface area is 181 Å². The Balaban J connectivity index is 1.46. The molecule has 154 valence electrons.